The molecule has 0 aliphatic rings. The molecular formula is C25H21FN2O4S. The number of methoxy groups -OCH3 is 1. The van der Waals surface area contributed by atoms with E-state index < -0.39 is 28.3 Å². The van der Waals surface area contributed by atoms with Crippen LogP contribution in [0.25, 0.3) is 10.8 Å². The van der Waals surface area contributed by atoms with E-state index in [-0.39, 0.29) is 10.6 Å². The lowest BCUT2D eigenvalue weighted by Crippen LogP contribution is -2.38. The van der Waals surface area contributed by atoms with Crippen molar-refractivity contribution in [1.82, 2.24) is 0 Å². The molecule has 4 aromatic rings. The SMILES string of the molecule is COc1ccc(N(CC(=O)Nc2cccc3ccccc23)S(=O)(=O)c2ccc(F)cc2)cc1. The molecule has 8 heteroatoms. The first-order chi connectivity index (χ1) is 15.9. The molecule has 0 fully saturated rings. The van der Waals surface area contributed by atoms with Gasteiger partial charge in [0.25, 0.3) is 10.0 Å². The van der Waals surface area contributed by atoms with Crippen LogP contribution in [0.2, 0.25) is 0 Å². The molecular weight excluding hydrogens is 443 g/mol. The smallest absolute Gasteiger partial charge is 0.264 e. The predicted octanol–water partition coefficient (Wildman–Crippen LogP) is 4.82. The molecule has 0 aliphatic carbocycles. The van der Waals surface area contributed by atoms with Gasteiger partial charge in [-0.2, -0.15) is 0 Å². The number of carbonyl (C=O) groups excluding carboxylic acids is 1. The number of nitrogens with zero attached hydrogens (tertiary/aromatic N) is 1. The Morgan fingerprint density at radius 3 is 2.27 bits per heavy atom. The van der Waals surface area contributed by atoms with E-state index in [9.17, 15) is 17.6 Å². The lowest BCUT2D eigenvalue weighted by Gasteiger charge is -2.24. The van der Waals surface area contributed by atoms with Gasteiger partial charge in [-0.15, -0.1) is 0 Å². The number of hydrogen-bond acceptors (Lipinski definition) is 4. The Morgan fingerprint density at radius 2 is 1.58 bits per heavy atom. The minimum atomic E-state index is -4.16. The number of amides is 1. The molecule has 0 aliphatic heterocycles. The normalized spacial score (nSPS) is 11.2. The summed E-state index contributed by atoms with van der Waals surface area (Å²) in [6, 6.07) is 23.8. The van der Waals surface area contributed by atoms with Gasteiger partial charge in [0.05, 0.1) is 17.7 Å². The van der Waals surface area contributed by atoms with Gasteiger partial charge in [0, 0.05) is 11.1 Å². The predicted molar refractivity (Wildman–Crippen MR) is 127 cm³/mol. The van der Waals surface area contributed by atoms with Crippen molar-refractivity contribution in [1.29, 1.82) is 0 Å². The third kappa shape index (κ3) is 4.80. The molecule has 0 radical (unpaired) electrons. The minimum absolute atomic E-state index is 0.127. The van der Waals surface area contributed by atoms with Crippen LogP contribution in [0.3, 0.4) is 0 Å². The summed E-state index contributed by atoms with van der Waals surface area (Å²) in [5, 5.41) is 4.59. The van der Waals surface area contributed by atoms with Crippen molar-refractivity contribution in [3.63, 3.8) is 0 Å². The van der Waals surface area contributed by atoms with Gasteiger partial charge < -0.3 is 10.1 Å². The van der Waals surface area contributed by atoms with Gasteiger partial charge in [-0.1, -0.05) is 36.4 Å². The van der Waals surface area contributed by atoms with Gasteiger partial charge in [0.1, 0.15) is 18.1 Å². The Bertz CT molecular complexity index is 1380. The zero-order chi connectivity index (χ0) is 23.4. The van der Waals surface area contributed by atoms with Crippen LogP contribution in [0.5, 0.6) is 5.75 Å². The average Bonchev–Trinajstić information content (AvgIpc) is 2.83. The van der Waals surface area contributed by atoms with E-state index in [1.807, 2.05) is 36.4 Å². The summed E-state index contributed by atoms with van der Waals surface area (Å²) in [7, 11) is -2.66. The lowest BCUT2D eigenvalue weighted by atomic mass is 10.1. The summed E-state index contributed by atoms with van der Waals surface area (Å²) in [4.78, 5) is 12.9. The number of benzene rings is 4. The van der Waals surface area contributed by atoms with Crippen molar-refractivity contribution in [3.8, 4) is 5.75 Å². The number of carbonyl (C=O) groups is 1. The molecule has 0 saturated carbocycles. The largest absolute Gasteiger partial charge is 0.497 e. The molecule has 4 aromatic carbocycles. The summed E-state index contributed by atoms with van der Waals surface area (Å²) in [5.41, 5.74) is 0.847. The second-order valence-electron chi connectivity index (χ2n) is 7.24. The van der Waals surface area contributed by atoms with E-state index >= 15 is 0 Å². The number of hydrogen-bond donors (Lipinski definition) is 1. The highest BCUT2D eigenvalue weighted by Gasteiger charge is 2.27. The summed E-state index contributed by atoms with van der Waals surface area (Å²) in [6.45, 7) is -0.477. The Labute approximate surface area is 191 Å². The van der Waals surface area contributed by atoms with Gasteiger partial charge in [0.15, 0.2) is 0 Å². The van der Waals surface area contributed by atoms with Crippen molar-refractivity contribution in [2.75, 3.05) is 23.3 Å². The molecule has 6 nitrogen and oxygen atoms in total. The molecule has 0 spiro atoms. The van der Waals surface area contributed by atoms with Crippen molar-refractivity contribution in [3.05, 3.63) is 96.8 Å². The van der Waals surface area contributed by atoms with Crippen LogP contribution in [0, 0.1) is 5.82 Å². The fraction of sp³-hybridized carbons (Fsp3) is 0.0800. The highest BCUT2D eigenvalue weighted by atomic mass is 32.2. The van der Waals surface area contributed by atoms with E-state index in [2.05, 4.69) is 5.32 Å². The number of ether oxygens (including phenoxy) is 1. The van der Waals surface area contributed by atoms with E-state index in [4.69, 9.17) is 4.74 Å². The van der Waals surface area contributed by atoms with Crippen LogP contribution in [-0.4, -0.2) is 28.0 Å². The number of halogens is 1. The first-order valence-corrected chi connectivity index (χ1v) is 11.5. The van der Waals surface area contributed by atoms with Gasteiger partial charge >= 0.3 is 0 Å². The zero-order valence-electron chi connectivity index (χ0n) is 17.7. The van der Waals surface area contributed by atoms with Crippen molar-refractivity contribution in [2.45, 2.75) is 4.90 Å². The molecule has 33 heavy (non-hydrogen) atoms. The monoisotopic (exact) mass is 464 g/mol. The van der Waals surface area contributed by atoms with Crippen LogP contribution in [0.4, 0.5) is 15.8 Å². The number of sulfonamides is 1. The molecule has 1 N–H and O–H groups in total. The molecule has 168 valence electrons. The molecule has 4 rings (SSSR count). The number of anilines is 2. The van der Waals surface area contributed by atoms with Gasteiger partial charge in [-0.05, 0) is 60.0 Å². The maximum Gasteiger partial charge on any atom is 0.264 e. The average molecular weight is 465 g/mol. The first-order valence-electron chi connectivity index (χ1n) is 10.1. The Kier molecular flexibility index (Phi) is 6.28. The molecule has 0 atom stereocenters. The third-order valence-corrected chi connectivity index (χ3v) is 6.90. The molecule has 0 saturated heterocycles. The van der Waals surface area contributed by atoms with Crippen LogP contribution in [0.15, 0.2) is 95.9 Å². The Balaban J connectivity index is 1.68. The molecule has 0 bridgehead atoms. The zero-order valence-corrected chi connectivity index (χ0v) is 18.6. The van der Waals surface area contributed by atoms with Crippen LogP contribution in [-0.2, 0) is 14.8 Å². The van der Waals surface area contributed by atoms with Gasteiger partial charge in [-0.25, -0.2) is 12.8 Å². The summed E-state index contributed by atoms with van der Waals surface area (Å²) in [5.74, 6) is -0.537. The van der Waals surface area contributed by atoms with Crippen LogP contribution in [0.1, 0.15) is 0 Å². The van der Waals surface area contributed by atoms with Crippen LogP contribution >= 0.6 is 0 Å². The second-order valence-corrected chi connectivity index (χ2v) is 9.10. The quantitative estimate of drug-likeness (QED) is 0.425. The van der Waals surface area contributed by atoms with E-state index in [1.54, 1.807) is 30.3 Å². The molecule has 1 amide bonds. The fourth-order valence-electron chi connectivity index (χ4n) is 3.45. The summed E-state index contributed by atoms with van der Waals surface area (Å²) >= 11 is 0. The first kappa shape index (κ1) is 22.3. The van der Waals surface area contributed by atoms with E-state index in [1.165, 1.54) is 19.2 Å². The van der Waals surface area contributed by atoms with E-state index in [0.717, 1.165) is 27.2 Å². The standard InChI is InChI=1S/C25H21FN2O4S/c1-32-21-13-11-20(12-14-21)28(33(30,31)22-15-9-19(26)10-16-22)17-25(29)27-24-8-4-6-18-5-2-3-7-23(18)24/h2-16H,17H2,1H3,(H,27,29). The highest BCUT2D eigenvalue weighted by molar-refractivity contribution is 7.92. The summed E-state index contributed by atoms with van der Waals surface area (Å²) in [6.07, 6.45) is 0. The van der Waals surface area contributed by atoms with Gasteiger partial charge in [-0.3, -0.25) is 9.10 Å². The topological polar surface area (TPSA) is 75.7 Å². The number of fused-ring (bicyclic) bond motifs is 1. The third-order valence-electron chi connectivity index (χ3n) is 5.11. The Morgan fingerprint density at radius 1 is 0.909 bits per heavy atom. The lowest BCUT2D eigenvalue weighted by molar-refractivity contribution is -0.114. The molecule has 0 unspecified atom stereocenters. The summed E-state index contributed by atoms with van der Waals surface area (Å²) < 4.78 is 46.3. The minimum Gasteiger partial charge on any atom is -0.497 e. The molecule has 0 heterocycles. The maximum absolute atomic E-state index is 13.4. The number of rotatable bonds is 7. The van der Waals surface area contributed by atoms with Crippen LogP contribution < -0.4 is 14.4 Å². The second kappa shape index (κ2) is 9.30. The maximum atomic E-state index is 13.4. The van der Waals surface area contributed by atoms with Crippen molar-refractivity contribution >= 4 is 38.1 Å². The van der Waals surface area contributed by atoms with Gasteiger partial charge in [0.2, 0.25) is 5.91 Å². The van der Waals surface area contributed by atoms with Crippen molar-refractivity contribution < 1.29 is 22.3 Å². The Hall–Kier alpha value is -3.91. The number of nitrogens with one attached hydrogen (secondary N) is 1. The fourth-order valence-corrected chi connectivity index (χ4v) is 4.87. The highest BCUT2D eigenvalue weighted by Crippen LogP contribution is 2.27. The van der Waals surface area contributed by atoms with Crippen molar-refractivity contribution in [2.24, 2.45) is 0 Å². The van der Waals surface area contributed by atoms with E-state index in [0.29, 0.717) is 11.4 Å². The molecule has 0 aromatic heterocycles.